The van der Waals surface area contributed by atoms with Crippen molar-refractivity contribution in [2.75, 3.05) is 19.6 Å². The topological polar surface area (TPSA) is 41.1 Å². The lowest BCUT2D eigenvalue weighted by molar-refractivity contribution is 0.0926. The molecule has 0 spiro atoms. The van der Waals surface area contributed by atoms with Gasteiger partial charge >= 0.3 is 0 Å². The summed E-state index contributed by atoms with van der Waals surface area (Å²) in [5, 5.41) is 6.45. The number of hydrogen-bond donors (Lipinski definition) is 2. The lowest BCUT2D eigenvalue weighted by atomic mass is 9.81. The van der Waals surface area contributed by atoms with Crippen LogP contribution in [0.4, 0.5) is 4.39 Å². The molecule has 0 atom stereocenters. The van der Waals surface area contributed by atoms with Gasteiger partial charge in [-0.25, -0.2) is 4.39 Å². The molecule has 3 nitrogen and oxygen atoms in total. The maximum atomic E-state index is 13.1. The Labute approximate surface area is 146 Å². The number of carbonyl (C=O) groups is 1. The van der Waals surface area contributed by atoms with Gasteiger partial charge in [-0.15, -0.1) is 11.3 Å². The summed E-state index contributed by atoms with van der Waals surface area (Å²) >= 11 is 1.49. The molecule has 2 N–H and O–H groups in total. The Bertz CT molecular complexity index is 717. The normalized spacial score (nSPS) is 16.8. The van der Waals surface area contributed by atoms with Crippen molar-refractivity contribution < 1.29 is 9.18 Å². The number of benzene rings is 1. The Hall–Kier alpha value is -1.72. The molecule has 0 bridgehead atoms. The third kappa shape index (κ3) is 3.84. The fourth-order valence-electron chi connectivity index (χ4n) is 3.10. The lowest BCUT2D eigenvalue weighted by Gasteiger charge is -2.34. The molecule has 24 heavy (non-hydrogen) atoms. The minimum Gasteiger partial charge on any atom is -0.351 e. The molecule has 0 radical (unpaired) electrons. The number of amides is 1. The van der Waals surface area contributed by atoms with E-state index in [1.54, 1.807) is 12.1 Å². The van der Waals surface area contributed by atoms with Crippen LogP contribution in [0, 0.1) is 18.2 Å². The van der Waals surface area contributed by atoms with Crippen molar-refractivity contribution in [3.63, 3.8) is 0 Å². The molecule has 1 fully saturated rings. The highest BCUT2D eigenvalue weighted by molar-refractivity contribution is 7.14. The number of rotatable bonds is 4. The number of nitrogens with one attached hydrogen (secondary N) is 2. The number of thiophene rings is 1. The maximum Gasteiger partial charge on any atom is 0.261 e. The van der Waals surface area contributed by atoms with Crippen LogP contribution in [0.25, 0.3) is 11.1 Å². The van der Waals surface area contributed by atoms with E-state index in [-0.39, 0.29) is 17.1 Å². The predicted octanol–water partition coefficient (Wildman–Crippen LogP) is 3.98. The summed E-state index contributed by atoms with van der Waals surface area (Å²) in [5.41, 5.74) is 2.11. The Morgan fingerprint density at radius 1 is 1.29 bits per heavy atom. The zero-order valence-electron chi connectivity index (χ0n) is 14.1. The van der Waals surface area contributed by atoms with Gasteiger partial charge in [-0.1, -0.05) is 19.1 Å². The van der Waals surface area contributed by atoms with Crippen LogP contribution in [0.3, 0.4) is 0 Å². The zero-order valence-corrected chi connectivity index (χ0v) is 14.9. The van der Waals surface area contributed by atoms with Crippen molar-refractivity contribution in [1.29, 1.82) is 0 Å². The Kier molecular flexibility index (Phi) is 5.01. The number of halogens is 1. The quantitative estimate of drug-likeness (QED) is 0.879. The number of hydrogen-bond acceptors (Lipinski definition) is 3. The highest BCUT2D eigenvalue weighted by Crippen LogP contribution is 2.32. The van der Waals surface area contributed by atoms with E-state index in [2.05, 4.69) is 17.6 Å². The van der Waals surface area contributed by atoms with Gasteiger partial charge in [-0.2, -0.15) is 0 Å². The van der Waals surface area contributed by atoms with Crippen LogP contribution in [0.5, 0.6) is 0 Å². The van der Waals surface area contributed by atoms with Crippen LogP contribution in [0.1, 0.15) is 34.3 Å². The summed E-state index contributed by atoms with van der Waals surface area (Å²) in [6.45, 7) is 6.96. The first-order chi connectivity index (χ1) is 11.5. The van der Waals surface area contributed by atoms with Crippen LogP contribution in [-0.2, 0) is 0 Å². The molecule has 128 valence electrons. The summed E-state index contributed by atoms with van der Waals surface area (Å²) in [6, 6.07) is 8.31. The molecule has 1 aromatic heterocycles. The van der Waals surface area contributed by atoms with Crippen LogP contribution < -0.4 is 10.6 Å². The second kappa shape index (κ2) is 7.03. The molecule has 0 unspecified atom stereocenters. The van der Waals surface area contributed by atoms with Crippen LogP contribution >= 0.6 is 11.3 Å². The molecule has 3 rings (SSSR count). The van der Waals surface area contributed by atoms with Gasteiger partial charge in [0.25, 0.3) is 5.91 Å². The van der Waals surface area contributed by atoms with Gasteiger partial charge < -0.3 is 10.6 Å². The minimum absolute atomic E-state index is 0.0174. The van der Waals surface area contributed by atoms with Crippen molar-refractivity contribution in [3.8, 4) is 11.1 Å². The Morgan fingerprint density at radius 3 is 2.62 bits per heavy atom. The fraction of sp³-hybridized carbons (Fsp3) is 0.421. The molecule has 2 aromatic rings. The van der Waals surface area contributed by atoms with E-state index < -0.39 is 0 Å². The second-order valence-electron chi connectivity index (χ2n) is 6.83. The summed E-state index contributed by atoms with van der Waals surface area (Å²) < 4.78 is 13.1. The third-order valence-corrected chi connectivity index (χ3v) is 5.83. The standard InChI is InChI=1S/C19H23FN2OS/c1-13-16(14-3-5-15(20)6-4-14)11-17(24-13)18(23)22-12-19(2)7-9-21-10-8-19/h3-6,11,21H,7-10,12H2,1-2H3,(H,22,23). The summed E-state index contributed by atoms with van der Waals surface area (Å²) in [5.74, 6) is -0.268. The van der Waals surface area contributed by atoms with Crippen LogP contribution in [-0.4, -0.2) is 25.5 Å². The van der Waals surface area contributed by atoms with Crippen molar-refractivity contribution in [2.45, 2.75) is 26.7 Å². The van der Waals surface area contributed by atoms with Gasteiger partial charge in [-0.05, 0) is 67.6 Å². The van der Waals surface area contributed by atoms with E-state index in [1.165, 1.54) is 23.5 Å². The summed E-state index contributed by atoms with van der Waals surface area (Å²) in [6.07, 6.45) is 2.16. The average molecular weight is 346 g/mol. The zero-order chi connectivity index (χ0) is 17.2. The van der Waals surface area contributed by atoms with E-state index in [0.717, 1.165) is 41.9 Å². The molecule has 5 heteroatoms. The Morgan fingerprint density at radius 2 is 1.96 bits per heavy atom. The Balaban J connectivity index is 1.69. The van der Waals surface area contributed by atoms with Gasteiger partial charge in [0, 0.05) is 11.4 Å². The van der Waals surface area contributed by atoms with Gasteiger partial charge in [-0.3, -0.25) is 4.79 Å². The summed E-state index contributed by atoms with van der Waals surface area (Å²) in [4.78, 5) is 14.3. The van der Waals surface area contributed by atoms with E-state index in [9.17, 15) is 9.18 Å². The SMILES string of the molecule is Cc1sc(C(=O)NCC2(C)CCNCC2)cc1-c1ccc(F)cc1. The number of carbonyl (C=O) groups excluding carboxylic acids is 1. The molecule has 1 aliphatic rings. The molecule has 1 aromatic carbocycles. The van der Waals surface area contributed by atoms with Gasteiger partial charge in [0.05, 0.1) is 4.88 Å². The summed E-state index contributed by atoms with van der Waals surface area (Å²) in [7, 11) is 0. The number of piperidine rings is 1. The minimum atomic E-state index is -0.250. The smallest absolute Gasteiger partial charge is 0.261 e. The molecule has 0 aliphatic carbocycles. The molecular formula is C19H23FN2OS. The predicted molar refractivity (Wildman–Crippen MR) is 97.0 cm³/mol. The second-order valence-corrected chi connectivity index (χ2v) is 8.09. The van der Waals surface area contributed by atoms with E-state index in [0.29, 0.717) is 11.4 Å². The van der Waals surface area contributed by atoms with Crippen molar-refractivity contribution >= 4 is 17.2 Å². The average Bonchev–Trinajstić information content (AvgIpc) is 2.96. The van der Waals surface area contributed by atoms with Gasteiger partial charge in [0.2, 0.25) is 0 Å². The highest BCUT2D eigenvalue weighted by Gasteiger charge is 2.27. The first kappa shape index (κ1) is 17.1. The van der Waals surface area contributed by atoms with E-state index >= 15 is 0 Å². The molecule has 1 amide bonds. The fourth-order valence-corrected chi connectivity index (χ4v) is 4.06. The maximum absolute atomic E-state index is 13.1. The van der Waals surface area contributed by atoms with Crippen molar-refractivity contribution in [1.82, 2.24) is 10.6 Å². The van der Waals surface area contributed by atoms with Crippen LogP contribution in [0.15, 0.2) is 30.3 Å². The number of aryl methyl sites for hydroxylation is 1. The first-order valence-corrected chi connectivity index (χ1v) is 9.14. The molecule has 2 heterocycles. The van der Waals surface area contributed by atoms with Crippen molar-refractivity contribution in [3.05, 3.63) is 45.9 Å². The van der Waals surface area contributed by atoms with E-state index in [4.69, 9.17) is 0 Å². The largest absolute Gasteiger partial charge is 0.351 e. The highest BCUT2D eigenvalue weighted by atomic mass is 32.1. The molecular weight excluding hydrogens is 323 g/mol. The first-order valence-electron chi connectivity index (χ1n) is 8.32. The van der Waals surface area contributed by atoms with E-state index in [1.807, 2.05) is 13.0 Å². The van der Waals surface area contributed by atoms with Crippen molar-refractivity contribution in [2.24, 2.45) is 5.41 Å². The molecule has 1 saturated heterocycles. The van der Waals surface area contributed by atoms with Gasteiger partial charge in [0.15, 0.2) is 0 Å². The van der Waals surface area contributed by atoms with Gasteiger partial charge in [0.1, 0.15) is 5.82 Å². The third-order valence-electron chi connectivity index (χ3n) is 4.78. The lowest BCUT2D eigenvalue weighted by Crippen LogP contribution is -2.42. The molecule has 1 aliphatic heterocycles. The molecule has 0 saturated carbocycles. The monoisotopic (exact) mass is 346 g/mol. The van der Waals surface area contributed by atoms with Crippen LogP contribution in [0.2, 0.25) is 0 Å².